The van der Waals surface area contributed by atoms with Crippen molar-refractivity contribution in [2.45, 2.75) is 131 Å². The van der Waals surface area contributed by atoms with E-state index >= 15 is 0 Å². The first kappa shape index (κ1) is 62.7. The van der Waals surface area contributed by atoms with Crippen molar-refractivity contribution in [1.82, 2.24) is 21.3 Å². The fraction of sp³-hybridized carbons (Fsp3) is 0.491. The molecule has 6 rings (SSSR count). The van der Waals surface area contributed by atoms with Crippen molar-refractivity contribution < 1.29 is 64.1 Å². The number of nitrogens with one attached hydrogen (secondary N) is 4. The van der Waals surface area contributed by atoms with Crippen molar-refractivity contribution >= 4 is 44.1 Å². The normalized spacial score (nSPS) is 16.6. The fourth-order valence-electron chi connectivity index (χ4n) is 7.82. The second-order valence-electron chi connectivity index (χ2n) is 19.8. The van der Waals surface area contributed by atoms with Gasteiger partial charge in [0.2, 0.25) is 11.8 Å². The van der Waals surface area contributed by atoms with Crippen LogP contribution in [0.1, 0.15) is 116 Å². The van der Waals surface area contributed by atoms with Crippen molar-refractivity contribution in [3.05, 3.63) is 134 Å². The van der Waals surface area contributed by atoms with Gasteiger partial charge in [0.15, 0.2) is 0 Å². The standard InChI is InChI=1S/C26H34F2N2O3.C21H23F2IN2O3.C5H11.CH4.ClH.Zn/c1-16(31)30-23(12-18-9-19(27)13-20(28)10-18)24(32)15-29-22-7-8-33-25-6-5-17(11-21(22)25)14-26(2,3)4;1-12(27)26-19(8-13-6-14(22)9-15(23)7-13)20(28)11-25-18-4-5-29-21-3-2-16(24)10-17(18)21;1-5(2,3)4;;;/h5-6,9-11,13,22-24,29,32H,7-8,12,14-15H2,1-4H3,(H,30,31);2-3,6-7,9-10,18-20,25,28H,4-5,8,11H2,1H3,(H,26,27);1H2,2-4H3;1H4;1H;/q;;-1;;;+2/p-1/t22?,23?,24-;18?,19?,20-;;;;/m11..../s1. The van der Waals surface area contributed by atoms with Crippen LogP contribution in [0.4, 0.5) is 17.6 Å². The molecule has 0 radical (unpaired) electrons. The van der Waals surface area contributed by atoms with Crippen LogP contribution in [0.5, 0.6) is 11.5 Å². The van der Waals surface area contributed by atoms with Crippen LogP contribution in [0, 0.1) is 44.6 Å². The van der Waals surface area contributed by atoms with E-state index in [1.165, 1.54) is 43.7 Å². The van der Waals surface area contributed by atoms with Gasteiger partial charge in [-0.15, -0.1) is 0 Å². The topological polar surface area (TPSA) is 141 Å². The summed E-state index contributed by atoms with van der Waals surface area (Å²) in [6, 6.07) is 17.2. The van der Waals surface area contributed by atoms with E-state index in [0.29, 0.717) is 24.3 Å². The number of fused-ring (bicyclic) bond motifs is 2. The Labute approximate surface area is 441 Å². The minimum absolute atomic E-state index is 0. The molecule has 2 heterocycles. The summed E-state index contributed by atoms with van der Waals surface area (Å²) in [6.45, 7) is 20.8. The summed E-state index contributed by atoms with van der Waals surface area (Å²) >= 11 is 3.08. The predicted octanol–water partition coefficient (Wildman–Crippen LogP) is 10.4. The maximum absolute atomic E-state index is 13.6. The van der Waals surface area contributed by atoms with Crippen LogP contribution in [0.25, 0.3) is 0 Å². The molecule has 0 aromatic heterocycles. The van der Waals surface area contributed by atoms with E-state index < -0.39 is 47.6 Å². The Morgan fingerprint density at radius 2 is 1.06 bits per heavy atom. The molecule has 384 valence electrons. The van der Waals surface area contributed by atoms with Crippen LogP contribution in [-0.2, 0) is 46.2 Å². The molecule has 0 bridgehead atoms. The number of rotatable bonds is 15. The molecular formula is C53H72ClF4IN4O6Zn. The van der Waals surface area contributed by atoms with Crippen molar-refractivity contribution in [2.75, 3.05) is 26.3 Å². The van der Waals surface area contributed by atoms with Gasteiger partial charge in [-0.05, 0) is 112 Å². The first-order valence-corrected chi connectivity index (χ1v) is 27.9. The van der Waals surface area contributed by atoms with Gasteiger partial charge in [0.25, 0.3) is 0 Å². The van der Waals surface area contributed by atoms with E-state index in [9.17, 15) is 37.4 Å². The third-order valence-electron chi connectivity index (χ3n) is 10.5. The Morgan fingerprint density at radius 1 is 0.686 bits per heavy atom. The van der Waals surface area contributed by atoms with Gasteiger partial charge in [-0.2, -0.15) is 5.41 Å². The molecule has 2 aliphatic heterocycles. The van der Waals surface area contributed by atoms with Gasteiger partial charge in [-0.25, -0.2) is 17.6 Å². The van der Waals surface area contributed by atoms with Gasteiger partial charge in [-0.1, -0.05) is 61.1 Å². The second kappa shape index (κ2) is 30.0. The van der Waals surface area contributed by atoms with E-state index in [1.807, 2.05) is 24.3 Å². The molecule has 4 aromatic rings. The molecule has 2 aliphatic rings. The number of carbonyl (C=O) groups is 2. The summed E-state index contributed by atoms with van der Waals surface area (Å²) in [6.07, 6.45) is 0.753. The third-order valence-corrected chi connectivity index (χ3v) is 11.1. The van der Waals surface area contributed by atoms with Crippen LogP contribution in [0.2, 0.25) is 0 Å². The SMILES string of the molecule is C.CC(=O)NC(Cc1cc(F)cc(F)c1)[C@H](O)CNC1CCOc2ccc(CC(C)(C)C)cc21.CC(=O)NC(Cc1cc(F)cc(F)c1)[C@H](O)CNC1CCOc2ccc(I)cc21.[CH2-]C(C)(C)C.[Cl][Zn+]. The Balaban J connectivity index is 0.000000421. The summed E-state index contributed by atoms with van der Waals surface area (Å²) in [5, 5.41) is 33.7. The second-order valence-corrected chi connectivity index (χ2v) is 21.0. The number of aliphatic hydroxyl groups excluding tert-OH is 2. The first-order valence-electron chi connectivity index (χ1n) is 22.9. The number of ether oxygens (including phenoxy) is 2. The summed E-state index contributed by atoms with van der Waals surface area (Å²) in [5.41, 5.74) is 4.45. The van der Waals surface area contributed by atoms with Crippen LogP contribution in [0.3, 0.4) is 0 Å². The van der Waals surface area contributed by atoms with Crippen molar-refractivity contribution in [2.24, 2.45) is 10.8 Å². The number of hydrogen-bond acceptors (Lipinski definition) is 8. The van der Waals surface area contributed by atoms with Gasteiger partial charge in [0, 0.05) is 78.7 Å². The molecule has 0 saturated heterocycles. The van der Waals surface area contributed by atoms with E-state index in [4.69, 9.17) is 19.2 Å². The molecular weight excluding hydrogens is 1090 g/mol. The molecule has 6 N–H and O–H groups in total. The summed E-state index contributed by atoms with van der Waals surface area (Å²) in [5.74, 6) is -1.76. The molecule has 70 heavy (non-hydrogen) atoms. The molecule has 0 saturated carbocycles. The number of hydrogen-bond donors (Lipinski definition) is 6. The fourth-order valence-corrected chi connectivity index (χ4v) is 8.34. The summed E-state index contributed by atoms with van der Waals surface area (Å²) in [4.78, 5) is 23.3. The summed E-state index contributed by atoms with van der Waals surface area (Å²) in [7, 11) is 4.76. The van der Waals surface area contributed by atoms with Crippen LogP contribution in [-0.4, -0.2) is 72.6 Å². The quantitative estimate of drug-likeness (QED) is 0.0299. The van der Waals surface area contributed by atoms with E-state index in [2.05, 4.69) is 104 Å². The number of benzene rings is 4. The molecule has 0 spiro atoms. The average Bonchev–Trinajstić information content (AvgIpc) is 3.23. The Bertz CT molecular complexity index is 2220. The maximum atomic E-state index is 13.6. The first-order chi connectivity index (χ1) is 32.3. The van der Waals surface area contributed by atoms with E-state index in [0.717, 1.165) is 74.9 Å². The molecule has 17 heteroatoms. The number of halogens is 6. The Hall–Kier alpha value is -3.38. The average molecular weight is 1160 g/mol. The predicted molar refractivity (Wildman–Crippen MR) is 275 cm³/mol. The van der Waals surface area contributed by atoms with Crippen molar-refractivity contribution in [3.63, 3.8) is 0 Å². The molecule has 10 nitrogen and oxygen atoms in total. The molecule has 0 fully saturated rings. The van der Waals surface area contributed by atoms with Crippen molar-refractivity contribution in [1.29, 1.82) is 0 Å². The van der Waals surface area contributed by atoms with Crippen LogP contribution >= 0.6 is 32.3 Å². The number of carbonyl (C=O) groups excluding carboxylic acids is 2. The van der Waals surface area contributed by atoms with Gasteiger partial charge in [0.05, 0.1) is 37.5 Å². The van der Waals surface area contributed by atoms with Crippen LogP contribution in [0.15, 0.2) is 72.8 Å². The Morgan fingerprint density at radius 3 is 1.43 bits per heavy atom. The summed E-state index contributed by atoms with van der Waals surface area (Å²) < 4.78 is 66.8. The monoisotopic (exact) mass is 1160 g/mol. The van der Waals surface area contributed by atoms with Gasteiger partial charge in [-0.3, -0.25) is 9.59 Å². The van der Waals surface area contributed by atoms with Gasteiger partial charge < -0.3 is 47.9 Å². The van der Waals surface area contributed by atoms with Crippen LogP contribution < -0.4 is 30.7 Å². The zero-order valence-corrected chi connectivity index (χ0v) is 46.8. The van der Waals surface area contributed by atoms with Gasteiger partial charge >= 0.3 is 27.0 Å². The number of amides is 2. The van der Waals surface area contributed by atoms with Gasteiger partial charge in [0.1, 0.15) is 34.8 Å². The molecule has 0 aliphatic carbocycles. The minimum atomic E-state index is -0.954. The molecule has 2 amide bonds. The Kier molecular flexibility index (Phi) is 26.9. The molecule has 4 aromatic carbocycles. The number of aliphatic hydroxyl groups is 2. The van der Waals surface area contributed by atoms with E-state index in [-0.39, 0.29) is 68.1 Å². The molecule has 4 unspecified atom stereocenters. The van der Waals surface area contributed by atoms with E-state index in [1.54, 1.807) is 0 Å². The third kappa shape index (κ3) is 23.4. The zero-order valence-electron chi connectivity index (χ0n) is 41.0. The molecule has 6 atom stereocenters. The van der Waals surface area contributed by atoms with Crippen molar-refractivity contribution in [3.8, 4) is 11.5 Å². The zero-order chi connectivity index (χ0) is 51.6.